The molecule has 0 saturated carbocycles. The van der Waals surface area contributed by atoms with Crippen LogP contribution in [0.1, 0.15) is 10.6 Å². The minimum absolute atomic E-state index is 0.0910. The van der Waals surface area contributed by atoms with Gasteiger partial charge in [0.1, 0.15) is 10.7 Å². The standard InChI is InChI=1S/C21H23N5O4S/c27-21(30-13-10-29-11-13)26-6-4-25(5-7-26)17-1-3-22-19-14(17)9-16(23-19)20-24-15-2-8-28-12-18(15)31-20/h1,3,9,13H,2,4-8,10-12H2,(H,22,23). The molecule has 3 aromatic rings. The molecule has 1 N–H and O–H groups in total. The summed E-state index contributed by atoms with van der Waals surface area (Å²) in [4.78, 5) is 30.4. The number of rotatable bonds is 3. The number of hydrogen-bond donors (Lipinski definition) is 1. The lowest BCUT2D eigenvalue weighted by Crippen LogP contribution is -2.51. The smallest absolute Gasteiger partial charge is 0.410 e. The summed E-state index contributed by atoms with van der Waals surface area (Å²) in [5, 5.41) is 2.05. The van der Waals surface area contributed by atoms with Crippen LogP contribution in [-0.2, 0) is 27.2 Å². The molecule has 2 saturated heterocycles. The molecule has 3 aliphatic rings. The maximum atomic E-state index is 12.3. The Hall–Kier alpha value is -2.69. The number of piperazine rings is 1. The van der Waals surface area contributed by atoms with Crippen LogP contribution in [0.15, 0.2) is 18.3 Å². The second-order valence-corrected chi connectivity index (χ2v) is 9.07. The predicted octanol–water partition coefficient (Wildman–Crippen LogP) is 2.42. The molecule has 6 rings (SSSR count). The van der Waals surface area contributed by atoms with Crippen molar-refractivity contribution in [3.63, 3.8) is 0 Å². The molecule has 0 bridgehead atoms. The molecule has 0 radical (unpaired) electrons. The van der Waals surface area contributed by atoms with Gasteiger partial charge in [0.2, 0.25) is 0 Å². The molecule has 3 aliphatic heterocycles. The van der Waals surface area contributed by atoms with Crippen molar-refractivity contribution < 1.29 is 19.0 Å². The fourth-order valence-corrected chi connectivity index (χ4v) is 5.19. The highest BCUT2D eigenvalue weighted by Gasteiger charge is 2.28. The molecular weight excluding hydrogens is 418 g/mol. The molecule has 9 nitrogen and oxygen atoms in total. The van der Waals surface area contributed by atoms with E-state index in [1.165, 1.54) is 4.88 Å². The van der Waals surface area contributed by atoms with Crippen LogP contribution in [0.5, 0.6) is 0 Å². The third kappa shape index (κ3) is 3.54. The summed E-state index contributed by atoms with van der Waals surface area (Å²) < 4.78 is 16.1. The number of aromatic nitrogens is 3. The Balaban J connectivity index is 1.20. The van der Waals surface area contributed by atoms with Gasteiger partial charge in [-0.05, 0) is 12.1 Å². The Morgan fingerprint density at radius 3 is 2.87 bits per heavy atom. The highest BCUT2D eigenvalue weighted by atomic mass is 32.1. The van der Waals surface area contributed by atoms with Crippen molar-refractivity contribution in [3.05, 3.63) is 28.9 Å². The largest absolute Gasteiger partial charge is 0.441 e. The highest BCUT2D eigenvalue weighted by Crippen LogP contribution is 2.34. The molecule has 3 aromatic heterocycles. The minimum atomic E-state index is -0.242. The van der Waals surface area contributed by atoms with Crippen LogP contribution < -0.4 is 4.90 Å². The van der Waals surface area contributed by atoms with Gasteiger partial charge in [-0.15, -0.1) is 11.3 Å². The van der Waals surface area contributed by atoms with Gasteiger partial charge in [0.25, 0.3) is 0 Å². The lowest BCUT2D eigenvalue weighted by molar-refractivity contribution is -0.104. The Bertz CT molecular complexity index is 1090. The number of aromatic amines is 1. The first kappa shape index (κ1) is 19.0. The Kier molecular flexibility index (Phi) is 4.77. The minimum Gasteiger partial charge on any atom is -0.441 e. The van der Waals surface area contributed by atoms with Gasteiger partial charge in [-0.3, -0.25) is 0 Å². The van der Waals surface area contributed by atoms with Gasteiger partial charge in [0.05, 0.1) is 42.7 Å². The normalized spacial score (nSPS) is 19.4. The predicted molar refractivity (Wildman–Crippen MR) is 115 cm³/mol. The molecule has 162 valence electrons. The number of ether oxygens (including phenoxy) is 3. The topological polar surface area (TPSA) is 92.8 Å². The molecule has 0 unspecified atom stereocenters. The summed E-state index contributed by atoms with van der Waals surface area (Å²) in [6, 6.07) is 4.18. The lowest BCUT2D eigenvalue weighted by Gasteiger charge is -2.37. The number of nitrogens with one attached hydrogen (secondary N) is 1. The van der Waals surface area contributed by atoms with Gasteiger partial charge >= 0.3 is 6.09 Å². The summed E-state index contributed by atoms with van der Waals surface area (Å²) >= 11 is 1.68. The van der Waals surface area contributed by atoms with E-state index in [1.54, 1.807) is 16.2 Å². The van der Waals surface area contributed by atoms with E-state index in [9.17, 15) is 4.79 Å². The summed E-state index contributed by atoms with van der Waals surface area (Å²) in [5.74, 6) is 0. The maximum Gasteiger partial charge on any atom is 0.410 e. The summed E-state index contributed by atoms with van der Waals surface area (Å²) in [7, 11) is 0. The van der Waals surface area contributed by atoms with Gasteiger partial charge in [0.15, 0.2) is 6.10 Å². The number of carbonyl (C=O) groups excluding carboxylic acids is 1. The zero-order chi connectivity index (χ0) is 20.8. The summed E-state index contributed by atoms with van der Waals surface area (Å²) in [6.45, 7) is 5.16. The highest BCUT2D eigenvalue weighted by molar-refractivity contribution is 7.15. The molecule has 2 fully saturated rings. The fourth-order valence-electron chi connectivity index (χ4n) is 4.17. The average molecular weight is 442 g/mol. The third-order valence-corrected chi connectivity index (χ3v) is 7.09. The van der Waals surface area contributed by atoms with E-state index in [0.717, 1.165) is 59.2 Å². The van der Waals surface area contributed by atoms with Crippen LogP contribution in [0.4, 0.5) is 10.5 Å². The van der Waals surface area contributed by atoms with Crippen molar-refractivity contribution >= 4 is 34.2 Å². The number of anilines is 1. The van der Waals surface area contributed by atoms with Crippen molar-refractivity contribution in [2.24, 2.45) is 0 Å². The van der Waals surface area contributed by atoms with Crippen LogP contribution in [0.3, 0.4) is 0 Å². The maximum absolute atomic E-state index is 12.3. The molecule has 1 amide bonds. The van der Waals surface area contributed by atoms with Gasteiger partial charge in [-0.1, -0.05) is 0 Å². The molecule has 0 spiro atoms. The SMILES string of the molecule is O=C(OC1COC1)N1CCN(c2ccnc3[nH]c(-c4nc5c(s4)COCC5)cc23)CC1. The van der Waals surface area contributed by atoms with Crippen LogP contribution in [0, 0.1) is 0 Å². The molecular formula is C21H23N5O4S. The van der Waals surface area contributed by atoms with E-state index in [0.29, 0.717) is 32.9 Å². The van der Waals surface area contributed by atoms with Gasteiger partial charge < -0.3 is 29.0 Å². The van der Waals surface area contributed by atoms with Crippen molar-refractivity contribution in [2.45, 2.75) is 19.1 Å². The number of H-pyrrole nitrogens is 1. The van der Waals surface area contributed by atoms with Gasteiger partial charge in [-0.25, -0.2) is 14.8 Å². The molecule has 0 aliphatic carbocycles. The molecule has 6 heterocycles. The van der Waals surface area contributed by atoms with E-state index < -0.39 is 0 Å². The first-order chi connectivity index (χ1) is 15.2. The van der Waals surface area contributed by atoms with E-state index in [2.05, 4.69) is 20.9 Å². The number of pyridine rings is 1. The number of hydrogen-bond acceptors (Lipinski definition) is 8. The third-order valence-electron chi connectivity index (χ3n) is 5.99. The Morgan fingerprint density at radius 1 is 1.23 bits per heavy atom. The number of nitrogens with zero attached hydrogens (tertiary/aromatic N) is 4. The summed E-state index contributed by atoms with van der Waals surface area (Å²) in [5.41, 5.74) is 4.11. The molecule has 0 aromatic carbocycles. The number of fused-ring (bicyclic) bond motifs is 2. The number of carbonyl (C=O) groups is 1. The van der Waals surface area contributed by atoms with Crippen LogP contribution in [0.25, 0.3) is 21.7 Å². The monoisotopic (exact) mass is 441 g/mol. The lowest BCUT2D eigenvalue weighted by atomic mass is 10.2. The van der Waals surface area contributed by atoms with Crippen LogP contribution in [0.2, 0.25) is 0 Å². The Morgan fingerprint density at radius 2 is 2.10 bits per heavy atom. The Labute approximate surface area is 182 Å². The van der Waals surface area contributed by atoms with Crippen LogP contribution >= 0.6 is 11.3 Å². The number of thiazole rings is 1. The average Bonchev–Trinajstić information content (AvgIpc) is 3.40. The van der Waals surface area contributed by atoms with E-state index in [4.69, 9.17) is 19.2 Å². The van der Waals surface area contributed by atoms with Crippen molar-refractivity contribution in [2.75, 3.05) is 50.9 Å². The van der Waals surface area contributed by atoms with Gasteiger partial charge in [0, 0.05) is 49.9 Å². The van der Waals surface area contributed by atoms with Crippen LogP contribution in [-0.4, -0.2) is 78.0 Å². The molecule has 10 heteroatoms. The zero-order valence-electron chi connectivity index (χ0n) is 17.0. The van der Waals surface area contributed by atoms with Crippen molar-refractivity contribution in [3.8, 4) is 10.7 Å². The molecule has 31 heavy (non-hydrogen) atoms. The number of amides is 1. The van der Waals surface area contributed by atoms with E-state index >= 15 is 0 Å². The van der Waals surface area contributed by atoms with Crippen molar-refractivity contribution in [1.29, 1.82) is 0 Å². The van der Waals surface area contributed by atoms with E-state index in [1.807, 2.05) is 12.3 Å². The summed E-state index contributed by atoms with van der Waals surface area (Å²) in [6.07, 6.45) is 2.37. The second-order valence-electron chi connectivity index (χ2n) is 7.98. The quantitative estimate of drug-likeness (QED) is 0.667. The zero-order valence-corrected chi connectivity index (χ0v) is 17.8. The van der Waals surface area contributed by atoms with Crippen molar-refractivity contribution in [1.82, 2.24) is 19.9 Å². The first-order valence-electron chi connectivity index (χ1n) is 10.6. The van der Waals surface area contributed by atoms with E-state index in [-0.39, 0.29) is 12.2 Å². The van der Waals surface area contributed by atoms with Gasteiger partial charge in [-0.2, -0.15) is 0 Å². The second kappa shape index (κ2) is 7.77. The fraction of sp³-hybridized carbons (Fsp3) is 0.476. The molecule has 0 atom stereocenters. The first-order valence-corrected chi connectivity index (χ1v) is 11.4.